The van der Waals surface area contributed by atoms with E-state index in [0.29, 0.717) is 18.5 Å². The summed E-state index contributed by atoms with van der Waals surface area (Å²) in [5.41, 5.74) is 6.17. The first-order valence-corrected chi connectivity index (χ1v) is 6.24. The van der Waals surface area contributed by atoms with Crippen molar-refractivity contribution in [2.45, 2.75) is 12.8 Å². The Hall–Kier alpha value is -2.08. The molecule has 2 N–H and O–H groups in total. The fourth-order valence-corrected chi connectivity index (χ4v) is 2.00. The van der Waals surface area contributed by atoms with Crippen LogP contribution in [-0.4, -0.2) is 12.9 Å². The molecule has 0 aliphatic carbocycles. The van der Waals surface area contributed by atoms with E-state index in [1.54, 1.807) is 6.07 Å². The van der Waals surface area contributed by atoms with Gasteiger partial charge in [0.15, 0.2) is 0 Å². The van der Waals surface area contributed by atoms with E-state index in [2.05, 4.69) is 4.74 Å². The number of ether oxygens (including phenoxy) is 1. The quantitative estimate of drug-likeness (QED) is 0.869. The highest BCUT2D eigenvalue weighted by Crippen LogP contribution is 2.35. The number of alkyl halides is 3. The highest BCUT2D eigenvalue weighted by Gasteiger charge is 2.32. The summed E-state index contributed by atoms with van der Waals surface area (Å²) in [7, 11) is 0. The van der Waals surface area contributed by atoms with Crippen LogP contribution in [0.1, 0.15) is 5.56 Å². The summed E-state index contributed by atoms with van der Waals surface area (Å²) in [5, 5.41) is 0. The molecule has 0 spiro atoms. The third kappa shape index (κ3) is 3.95. The molecule has 0 unspecified atom stereocenters. The zero-order valence-electron chi connectivity index (χ0n) is 11.0. The largest absolute Gasteiger partial charge is 0.573 e. The lowest BCUT2D eigenvalue weighted by atomic mass is 10.0. The van der Waals surface area contributed by atoms with E-state index in [0.717, 1.165) is 6.07 Å². The molecule has 0 aliphatic heterocycles. The molecule has 0 fully saturated rings. The molecule has 2 nitrogen and oxygen atoms in total. The Balaban J connectivity index is 2.42. The number of nitrogens with two attached hydrogens (primary N) is 1. The second-order valence-corrected chi connectivity index (χ2v) is 4.40. The minimum Gasteiger partial charge on any atom is -0.405 e. The first-order valence-electron chi connectivity index (χ1n) is 6.24. The standard InChI is InChI=1S/C15H13F4NO/c16-13-9-10(7-8-20)5-6-11(13)12-3-1-2-4-14(12)21-15(17,18)19/h1-6,9H,7-8,20H2. The molecule has 6 heteroatoms. The Bertz CT molecular complexity index is 625. The maximum atomic E-state index is 14.1. The average molecular weight is 299 g/mol. The highest BCUT2D eigenvalue weighted by molar-refractivity contribution is 5.71. The Labute approximate surface area is 119 Å². The Kier molecular flexibility index (Phi) is 4.47. The minimum absolute atomic E-state index is 0.0478. The minimum atomic E-state index is -4.83. The monoisotopic (exact) mass is 299 g/mol. The van der Waals surface area contributed by atoms with Crippen LogP contribution in [0.15, 0.2) is 42.5 Å². The molecule has 21 heavy (non-hydrogen) atoms. The molecule has 0 bridgehead atoms. The summed E-state index contributed by atoms with van der Waals surface area (Å²) >= 11 is 0. The molecule has 112 valence electrons. The normalized spacial score (nSPS) is 11.5. The SMILES string of the molecule is NCCc1ccc(-c2ccccc2OC(F)(F)F)c(F)c1. The van der Waals surface area contributed by atoms with E-state index < -0.39 is 17.9 Å². The highest BCUT2D eigenvalue weighted by atomic mass is 19.4. The van der Waals surface area contributed by atoms with E-state index in [-0.39, 0.29) is 11.1 Å². The molecule has 0 heterocycles. The number of rotatable bonds is 4. The molecular formula is C15H13F4NO. The van der Waals surface area contributed by atoms with Gasteiger partial charge in [-0.05, 0) is 30.7 Å². The molecule has 0 atom stereocenters. The molecule has 2 rings (SSSR count). The Morgan fingerprint density at radius 2 is 1.71 bits per heavy atom. The maximum absolute atomic E-state index is 14.1. The summed E-state index contributed by atoms with van der Waals surface area (Å²) in [4.78, 5) is 0. The average Bonchev–Trinajstić information content (AvgIpc) is 2.39. The fourth-order valence-electron chi connectivity index (χ4n) is 2.00. The smallest absolute Gasteiger partial charge is 0.405 e. The van der Waals surface area contributed by atoms with Gasteiger partial charge in [-0.15, -0.1) is 13.2 Å². The van der Waals surface area contributed by atoms with Crippen molar-refractivity contribution in [3.05, 3.63) is 53.8 Å². The van der Waals surface area contributed by atoms with Gasteiger partial charge < -0.3 is 10.5 Å². The predicted octanol–water partition coefficient (Wildman–Crippen LogP) is 3.89. The number of para-hydroxylation sites is 1. The van der Waals surface area contributed by atoms with Gasteiger partial charge in [-0.3, -0.25) is 0 Å². The van der Waals surface area contributed by atoms with Crippen molar-refractivity contribution in [3.63, 3.8) is 0 Å². The van der Waals surface area contributed by atoms with Gasteiger partial charge in [0.05, 0.1) is 0 Å². The van der Waals surface area contributed by atoms with Crippen molar-refractivity contribution >= 4 is 0 Å². The fraction of sp³-hybridized carbons (Fsp3) is 0.200. The summed E-state index contributed by atoms with van der Waals surface area (Å²) < 4.78 is 55.1. The van der Waals surface area contributed by atoms with Gasteiger partial charge in [0.1, 0.15) is 11.6 Å². The van der Waals surface area contributed by atoms with Crippen molar-refractivity contribution < 1.29 is 22.3 Å². The topological polar surface area (TPSA) is 35.2 Å². The summed E-state index contributed by atoms with van der Waals surface area (Å²) in [6.45, 7) is 0.368. The van der Waals surface area contributed by atoms with Crippen LogP contribution in [0.4, 0.5) is 17.6 Å². The third-order valence-electron chi connectivity index (χ3n) is 2.87. The Morgan fingerprint density at radius 1 is 1.00 bits per heavy atom. The van der Waals surface area contributed by atoms with Gasteiger partial charge in [-0.2, -0.15) is 0 Å². The van der Waals surface area contributed by atoms with E-state index in [4.69, 9.17) is 5.73 Å². The molecular weight excluding hydrogens is 286 g/mol. The maximum Gasteiger partial charge on any atom is 0.573 e. The first kappa shape index (κ1) is 15.3. The number of hydrogen-bond acceptors (Lipinski definition) is 2. The van der Waals surface area contributed by atoms with Gasteiger partial charge in [0, 0.05) is 11.1 Å². The second-order valence-electron chi connectivity index (χ2n) is 4.40. The predicted molar refractivity (Wildman–Crippen MR) is 71.3 cm³/mol. The summed E-state index contributed by atoms with van der Waals surface area (Å²) in [5.74, 6) is -1.05. The van der Waals surface area contributed by atoms with Crippen molar-refractivity contribution in [2.24, 2.45) is 5.73 Å². The van der Waals surface area contributed by atoms with E-state index in [1.807, 2.05) is 0 Å². The molecule has 0 aromatic heterocycles. The van der Waals surface area contributed by atoms with Gasteiger partial charge >= 0.3 is 6.36 Å². The summed E-state index contributed by atoms with van der Waals surface area (Å²) in [6, 6.07) is 9.77. The van der Waals surface area contributed by atoms with Crippen molar-refractivity contribution in [1.29, 1.82) is 0 Å². The van der Waals surface area contributed by atoms with E-state index >= 15 is 0 Å². The van der Waals surface area contributed by atoms with Crippen molar-refractivity contribution in [1.82, 2.24) is 0 Å². The number of benzene rings is 2. The number of halogens is 4. The zero-order chi connectivity index (χ0) is 15.5. The summed E-state index contributed by atoms with van der Waals surface area (Å²) in [6.07, 6.45) is -4.33. The van der Waals surface area contributed by atoms with Gasteiger partial charge in [-0.1, -0.05) is 30.3 Å². The molecule has 0 saturated carbocycles. The second kappa shape index (κ2) is 6.13. The molecule has 0 amide bonds. The van der Waals surface area contributed by atoms with Gasteiger partial charge in [0.25, 0.3) is 0 Å². The molecule has 0 aliphatic rings. The third-order valence-corrected chi connectivity index (χ3v) is 2.87. The van der Waals surface area contributed by atoms with Crippen LogP contribution in [0.25, 0.3) is 11.1 Å². The van der Waals surface area contributed by atoms with Crippen LogP contribution >= 0.6 is 0 Å². The molecule has 2 aromatic rings. The Morgan fingerprint density at radius 3 is 2.33 bits per heavy atom. The van der Waals surface area contributed by atoms with Crippen LogP contribution in [0.2, 0.25) is 0 Å². The zero-order valence-corrected chi connectivity index (χ0v) is 11.0. The lowest BCUT2D eigenvalue weighted by molar-refractivity contribution is -0.274. The molecule has 2 aromatic carbocycles. The van der Waals surface area contributed by atoms with Crippen LogP contribution in [-0.2, 0) is 6.42 Å². The van der Waals surface area contributed by atoms with Crippen LogP contribution < -0.4 is 10.5 Å². The first-order chi connectivity index (χ1) is 9.90. The van der Waals surface area contributed by atoms with Crippen molar-refractivity contribution in [3.8, 4) is 16.9 Å². The molecule has 0 saturated heterocycles. The van der Waals surface area contributed by atoms with E-state index in [1.165, 1.54) is 30.3 Å². The van der Waals surface area contributed by atoms with Crippen molar-refractivity contribution in [2.75, 3.05) is 6.54 Å². The lowest BCUT2D eigenvalue weighted by Crippen LogP contribution is -2.17. The van der Waals surface area contributed by atoms with E-state index in [9.17, 15) is 17.6 Å². The molecule has 0 radical (unpaired) electrons. The lowest BCUT2D eigenvalue weighted by Gasteiger charge is -2.14. The van der Waals surface area contributed by atoms with Gasteiger partial charge in [-0.25, -0.2) is 4.39 Å². The number of hydrogen-bond donors (Lipinski definition) is 1. The van der Waals surface area contributed by atoms with Crippen LogP contribution in [0.3, 0.4) is 0 Å². The van der Waals surface area contributed by atoms with Crippen LogP contribution in [0, 0.1) is 5.82 Å². The van der Waals surface area contributed by atoms with Crippen LogP contribution in [0.5, 0.6) is 5.75 Å². The van der Waals surface area contributed by atoms with Gasteiger partial charge in [0.2, 0.25) is 0 Å².